The molecule has 0 radical (unpaired) electrons. The third kappa shape index (κ3) is 4.76. The van der Waals surface area contributed by atoms with Crippen LogP contribution in [0.4, 0.5) is 5.69 Å². The SMILES string of the molecule is CCOc1cc(C2/C(=C(/O)c3ccc(OC)c(Br)c3)C(=O)C(=O)N2c2ccc(C#N)cc2)ccc1OC. The number of rotatable bonds is 7. The van der Waals surface area contributed by atoms with Crippen molar-refractivity contribution in [2.45, 2.75) is 13.0 Å². The number of aliphatic hydroxyl groups is 1. The van der Waals surface area contributed by atoms with Crippen LogP contribution in [-0.4, -0.2) is 37.6 Å². The summed E-state index contributed by atoms with van der Waals surface area (Å²) in [5.41, 5.74) is 1.58. The van der Waals surface area contributed by atoms with Crippen LogP contribution in [0.25, 0.3) is 5.76 Å². The number of carbonyl (C=O) groups excluding carboxylic acids is 2. The number of nitrogens with zero attached hydrogens (tertiary/aromatic N) is 2. The van der Waals surface area contributed by atoms with Gasteiger partial charge in [-0.15, -0.1) is 0 Å². The summed E-state index contributed by atoms with van der Waals surface area (Å²) < 4.78 is 17.0. The van der Waals surface area contributed by atoms with E-state index in [0.29, 0.717) is 50.7 Å². The number of Topliss-reactive ketones (excluding diaryl/α,β-unsaturated/α-hetero) is 1. The van der Waals surface area contributed by atoms with Gasteiger partial charge in [0.1, 0.15) is 11.5 Å². The topological polar surface area (TPSA) is 109 Å². The van der Waals surface area contributed by atoms with Crippen LogP contribution in [0.2, 0.25) is 0 Å². The molecule has 1 amide bonds. The van der Waals surface area contributed by atoms with E-state index >= 15 is 0 Å². The van der Waals surface area contributed by atoms with E-state index < -0.39 is 17.7 Å². The van der Waals surface area contributed by atoms with Crippen molar-refractivity contribution in [1.29, 1.82) is 5.26 Å². The molecule has 0 bridgehead atoms. The Morgan fingerprint density at radius 2 is 1.68 bits per heavy atom. The molecule has 1 N–H and O–H groups in total. The predicted octanol–water partition coefficient (Wildman–Crippen LogP) is 5.36. The molecular weight excluding hydrogens is 540 g/mol. The van der Waals surface area contributed by atoms with Crippen LogP contribution < -0.4 is 19.1 Å². The van der Waals surface area contributed by atoms with Crippen LogP contribution in [0, 0.1) is 11.3 Å². The molecule has 3 aromatic rings. The van der Waals surface area contributed by atoms with Crippen LogP contribution in [-0.2, 0) is 9.59 Å². The molecule has 1 aliphatic heterocycles. The van der Waals surface area contributed by atoms with E-state index in [9.17, 15) is 20.0 Å². The summed E-state index contributed by atoms with van der Waals surface area (Å²) in [6.45, 7) is 2.20. The van der Waals surface area contributed by atoms with E-state index in [1.54, 1.807) is 60.7 Å². The Bertz CT molecular complexity index is 1440. The average molecular weight is 563 g/mol. The highest BCUT2D eigenvalue weighted by atomic mass is 79.9. The lowest BCUT2D eigenvalue weighted by Crippen LogP contribution is -2.29. The summed E-state index contributed by atoms with van der Waals surface area (Å²) in [6, 6.07) is 17.3. The highest BCUT2D eigenvalue weighted by Crippen LogP contribution is 2.44. The second-order valence-corrected chi connectivity index (χ2v) is 8.87. The Morgan fingerprint density at radius 1 is 1.00 bits per heavy atom. The Kier molecular flexibility index (Phi) is 7.50. The molecular formula is C28H23BrN2O6. The van der Waals surface area contributed by atoms with E-state index in [2.05, 4.69) is 15.9 Å². The summed E-state index contributed by atoms with van der Waals surface area (Å²) >= 11 is 3.40. The van der Waals surface area contributed by atoms with Gasteiger partial charge in [0, 0.05) is 11.3 Å². The van der Waals surface area contributed by atoms with Crippen LogP contribution in [0.1, 0.15) is 29.7 Å². The summed E-state index contributed by atoms with van der Waals surface area (Å²) in [5, 5.41) is 20.6. The Morgan fingerprint density at radius 3 is 2.27 bits per heavy atom. The van der Waals surface area contributed by atoms with Crippen molar-refractivity contribution < 1.29 is 28.9 Å². The first-order chi connectivity index (χ1) is 17.8. The van der Waals surface area contributed by atoms with Gasteiger partial charge in [0.05, 0.1) is 48.5 Å². The third-order valence-electron chi connectivity index (χ3n) is 5.95. The first-order valence-corrected chi connectivity index (χ1v) is 12.1. The summed E-state index contributed by atoms with van der Waals surface area (Å²) in [7, 11) is 3.03. The Hall–Kier alpha value is -4.29. The van der Waals surface area contributed by atoms with Crippen molar-refractivity contribution in [1.82, 2.24) is 0 Å². The number of benzene rings is 3. The molecule has 1 fully saturated rings. The van der Waals surface area contributed by atoms with E-state index in [-0.39, 0.29) is 11.3 Å². The molecule has 0 aromatic heterocycles. The van der Waals surface area contributed by atoms with Gasteiger partial charge >= 0.3 is 0 Å². The van der Waals surface area contributed by atoms with Crippen LogP contribution in [0.3, 0.4) is 0 Å². The number of nitriles is 1. The molecule has 1 aliphatic rings. The van der Waals surface area contributed by atoms with Gasteiger partial charge in [-0.3, -0.25) is 14.5 Å². The first-order valence-electron chi connectivity index (χ1n) is 11.3. The summed E-state index contributed by atoms with van der Waals surface area (Å²) in [5.74, 6) is -0.524. The molecule has 8 nitrogen and oxygen atoms in total. The highest BCUT2D eigenvalue weighted by Gasteiger charge is 2.47. The van der Waals surface area contributed by atoms with E-state index in [4.69, 9.17) is 14.2 Å². The molecule has 0 spiro atoms. The highest BCUT2D eigenvalue weighted by molar-refractivity contribution is 9.10. The van der Waals surface area contributed by atoms with Gasteiger partial charge in [-0.1, -0.05) is 6.07 Å². The number of ketones is 1. The molecule has 1 heterocycles. The Labute approximate surface area is 222 Å². The molecule has 9 heteroatoms. The lowest BCUT2D eigenvalue weighted by molar-refractivity contribution is -0.132. The van der Waals surface area contributed by atoms with Crippen molar-refractivity contribution in [2.75, 3.05) is 25.7 Å². The molecule has 1 saturated heterocycles. The lowest BCUT2D eigenvalue weighted by atomic mass is 9.94. The van der Waals surface area contributed by atoms with Crippen molar-refractivity contribution in [3.05, 3.63) is 87.4 Å². The van der Waals surface area contributed by atoms with Crippen molar-refractivity contribution in [2.24, 2.45) is 0 Å². The third-order valence-corrected chi connectivity index (χ3v) is 6.57. The maximum absolute atomic E-state index is 13.4. The van der Waals surface area contributed by atoms with Gasteiger partial charge in [0.25, 0.3) is 11.7 Å². The average Bonchev–Trinajstić information content (AvgIpc) is 3.18. The zero-order valence-corrected chi connectivity index (χ0v) is 21.9. The zero-order chi connectivity index (χ0) is 26.7. The van der Waals surface area contributed by atoms with Gasteiger partial charge in [-0.05, 0) is 83.0 Å². The number of hydrogen-bond donors (Lipinski definition) is 1. The smallest absolute Gasteiger partial charge is 0.300 e. The normalized spacial score (nSPS) is 16.4. The number of methoxy groups -OCH3 is 2. The van der Waals surface area contributed by atoms with Crippen molar-refractivity contribution >= 4 is 39.1 Å². The minimum absolute atomic E-state index is 0.0842. The van der Waals surface area contributed by atoms with E-state index in [1.807, 2.05) is 13.0 Å². The number of hydrogen-bond acceptors (Lipinski definition) is 7. The van der Waals surface area contributed by atoms with Crippen molar-refractivity contribution in [3.8, 4) is 23.3 Å². The number of aliphatic hydroxyl groups excluding tert-OH is 1. The number of amides is 1. The monoisotopic (exact) mass is 562 g/mol. The van der Waals surface area contributed by atoms with Crippen LogP contribution in [0.5, 0.6) is 17.2 Å². The molecule has 0 aliphatic carbocycles. The van der Waals surface area contributed by atoms with E-state index in [1.165, 1.54) is 19.1 Å². The maximum atomic E-state index is 13.4. The number of ether oxygens (including phenoxy) is 3. The molecule has 4 rings (SSSR count). The number of halogens is 1. The van der Waals surface area contributed by atoms with E-state index in [0.717, 1.165) is 0 Å². The molecule has 37 heavy (non-hydrogen) atoms. The van der Waals surface area contributed by atoms with Gasteiger partial charge in [0.15, 0.2) is 11.5 Å². The van der Waals surface area contributed by atoms with Crippen molar-refractivity contribution in [3.63, 3.8) is 0 Å². The Balaban J connectivity index is 1.96. The number of anilines is 1. The molecule has 3 aromatic carbocycles. The fraction of sp³-hybridized carbons (Fsp3) is 0.179. The molecule has 0 saturated carbocycles. The predicted molar refractivity (Wildman–Crippen MR) is 141 cm³/mol. The molecule has 188 valence electrons. The van der Waals surface area contributed by atoms with Gasteiger partial charge < -0.3 is 19.3 Å². The van der Waals surface area contributed by atoms with Crippen LogP contribution >= 0.6 is 15.9 Å². The molecule has 1 atom stereocenters. The van der Waals surface area contributed by atoms with Gasteiger partial charge in [-0.2, -0.15) is 5.26 Å². The van der Waals surface area contributed by atoms with Gasteiger partial charge in [-0.25, -0.2) is 0 Å². The number of carbonyl (C=O) groups is 2. The standard InChI is InChI=1S/C28H23BrN2O6/c1-4-37-23-14-17(7-12-22(23)36-3)25-24(26(32)18-8-11-21(35-2)20(29)13-18)27(33)28(34)31(25)19-9-5-16(15-30)6-10-19/h5-14,25,32H,4H2,1-3H3/b26-24-. The maximum Gasteiger partial charge on any atom is 0.300 e. The minimum atomic E-state index is -0.973. The van der Waals surface area contributed by atoms with Gasteiger partial charge in [0.2, 0.25) is 0 Å². The summed E-state index contributed by atoms with van der Waals surface area (Å²) in [4.78, 5) is 28.1. The quantitative estimate of drug-likeness (QED) is 0.234. The summed E-state index contributed by atoms with van der Waals surface area (Å²) in [6.07, 6.45) is 0. The fourth-order valence-corrected chi connectivity index (χ4v) is 4.75. The second kappa shape index (κ2) is 10.8. The van der Waals surface area contributed by atoms with Crippen LogP contribution in [0.15, 0.2) is 70.7 Å². The fourth-order valence-electron chi connectivity index (χ4n) is 4.21. The largest absolute Gasteiger partial charge is 0.507 e. The first kappa shape index (κ1) is 25.8. The lowest BCUT2D eigenvalue weighted by Gasteiger charge is -2.26. The minimum Gasteiger partial charge on any atom is -0.507 e. The second-order valence-electron chi connectivity index (χ2n) is 8.02. The molecule has 1 unspecified atom stereocenters. The zero-order valence-electron chi connectivity index (χ0n) is 20.3.